The molecule has 1 rings (SSSR count). The average molecular weight is 192 g/mol. The van der Waals surface area contributed by atoms with Crippen molar-refractivity contribution in [2.24, 2.45) is 5.92 Å². The summed E-state index contributed by atoms with van der Waals surface area (Å²) >= 11 is 0. The predicted octanol–water partition coefficient (Wildman–Crippen LogP) is 2.35. The van der Waals surface area contributed by atoms with E-state index in [0.717, 1.165) is 6.54 Å². The van der Waals surface area contributed by atoms with Crippen molar-refractivity contribution in [3.8, 4) is 0 Å². The Hall–Kier alpha value is -0.890. The highest BCUT2D eigenvalue weighted by molar-refractivity contribution is 5.20. The van der Waals surface area contributed by atoms with Crippen molar-refractivity contribution in [3.63, 3.8) is 0 Å². The highest BCUT2D eigenvalue weighted by atomic mass is 14.8. The molecular weight excluding hydrogens is 172 g/mol. The van der Waals surface area contributed by atoms with Crippen LogP contribution in [0.4, 0.5) is 0 Å². The number of pyridine rings is 1. The Labute approximate surface area is 86.8 Å². The maximum atomic E-state index is 4.23. The zero-order valence-electron chi connectivity index (χ0n) is 9.54. The number of nitrogens with zero attached hydrogens (tertiary/aromatic N) is 1. The van der Waals surface area contributed by atoms with Crippen LogP contribution in [0.5, 0.6) is 0 Å². The molecule has 0 amide bonds. The Morgan fingerprint density at radius 3 is 2.64 bits per heavy atom. The molecule has 2 atom stereocenters. The van der Waals surface area contributed by atoms with Crippen molar-refractivity contribution < 1.29 is 0 Å². The van der Waals surface area contributed by atoms with E-state index in [9.17, 15) is 0 Å². The van der Waals surface area contributed by atoms with Crippen LogP contribution in [0, 0.1) is 12.8 Å². The third kappa shape index (κ3) is 2.81. The van der Waals surface area contributed by atoms with Gasteiger partial charge in [-0.25, -0.2) is 0 Å². The van der Waals surface area contributed by atoms with E-state index in [1.165, 1.54) is 11.1 Å². The molecular formula is C12H20N2. The van der Waals surface area contributed by atoms with Gasteiger partial charge in [-0.15, -0.1) is 0 Å². The van der Waals surface area contributed by atoms with E-state index < -0.39 is 0 Å². The molecule has 78 valence electrons. The summed E-state index contributed by atoms with van der Waals surface area (Å²) in [5.41, 5.74) is 2.58. The molecule has 1 aromatic heterocycles. The molecule has 0 fully saturated rings. The summed E-state index contributed by atoms with van der Waals surface area (Å²) in [4.78, 5) is 4.23. The summed E-state index contributed by atoms with van der Waals surface area (Å²) in [7, 11) is 2.00. The fraction of sp³-hybridized carbons (Fsp3) is 0.583. The minimum Gasteiger partial charge on any atom is -0.319 e. The van der Waals surface area contributed by atoms with Crippen LogP contribution < -0.4 is 5.32 Å². The molecule has 0 bridgehead atoms. The zero-order chi connectivity index (χ0) is 10.6. The number of aromatic nitrogens is 1. The van der Waals surface area contributed by atoms with Gasteiger partial charge in [0, 0.05) is 12.4 Å². The van der Waals surface area contributed by atoms with Gasteiger partial charge in [0.2, 0.25) is 0 Å². The molecule has 0 saturated heterocycles. The second-order valence-electron chi connectivity index (χ2n) is 4.12. The van der Waals surface area contributed by atoms with Crippen LogP contribution in [0.25, 0.3) is 0 Å². The van der Waals surface area contributed by atoms with Crippen molar-refractivity contribution in [1.29, 1.82) is 0 Å². The molecule has 0 spiro atoms. The van der Waals surface area contributed by atoms with Crippen LogP contribution in [-0.2, 0) is 0 Å². The Morgan fingerprint density at radius 2 is 2.07 bits per heavy atom. The van der Waals surface area contributed by atoms with Gasteiger partial charge in [0.05, 0.1) is 0 Å². The maximum Gasteiger partial charge on any atom is 0.0302 e. The Bertz CT molecular complexity index is 283. The van der Waals surface area contributed by atoms with Crippen molar-refractivity contribution in [2.75, 3.05) is 13.6 Å². The minimum atomic E-state index is 0.565. The quantitative estimate of drug-likeness (QED) is 0.792. The van der Waals surface area contributed by atoms with E-state index in [0.29, 0.717) is 11.8 Å². The molecule has 0 aromatic carbocycles. The molecule has 1 aromatic rings. The molecule has 0 aliphatic carbocycles. The molecule has 2 heteroatoms. The zero-order valence-corrected chi connectivity index (χ0v) is 9.54. The molecule has 0 aliphatic heterocycles. The molecule has 2 nitrogen and oxygen atoms in total. The number of hydrogen-bond acceptors (Lipinski definition) is 2. The Balaban J connectivity index is 2.73. The molecule has 0 aliphatic rings. The second-order valence-corrected chi connectivity index (χ2v) is 4.12. The summed E-state index contributed by atoms with van der Waals surface area (Å²) in [5.74, 6) is 1.21. The van der Waals surface area contributed by atoms with Crippen LogP contribution in [0.1, 0.15) is 30.9 Å². The van der Waals surface area contributed by atoms with E-state index in [4.69, 9.17) is 0 Å². The average Bonchev–Trinajstić information content (AvgIpc) is 2.17. The summed E-state index contributed by atoms with van der Waals surface area (Å²) in [6.45, 7) is 7.67. The lowest BCUT2D eigenvalue weighted by molar-refractivity contribution is 0.465. The number of hydrogen-bond donors (Lipinski definition) is 1. The Kier molecular flexibility index (Phi) is 4.08. The van der Waals surface area contributed by atoms with E-state index in [1.54, 1.807) is 0 Å². The summed E-state index contributed by atoms with van der Waals surface area (Å²) in [6.07, 6.45) is 3.88. The first kappa shape index (κ1) is 11.2. The highest BCUT2D eigenvalue weighted by Crippen LogP contribution is 2.23. The molecule has 1 heterocycles. The lowest BCUT2D eigenvalue weighted by atomic mass is 9.89. The third-order valence-corrected chi connectivity index (χ3v) is 2.80. The normalized spacial score (nSPS) is 15.1. The molecule has 1 N–H and O–H groups in total. The first-order valence-corrected chi connectivity index (χ1v) is 5.21. The number of aryl methyl sites for hydroxylation is 1. The summed E-state index contributed by atoms with van der Waals surface area (Å²) in [5, 5.41) is 3.21. The van der Waals surface area contributed by atoms with Crippen LogP contribution in [0.2, 0.25) is 0 Å². The van der Waals surface area contributed by atoms with Gasteiger partial charge in [-0.05, 0) is 43.5 Å². The van der Waals surface area contributed by atoms with E-state index in [1.807, 2.05) is 19.4 Å². The molecule has 0 saturated carbocycles. The smallest absolute Gasteiger partial charge is 0.0302 e. The number of nitrogens with one attached hydrogen (secondary N) is 1. The maximum absolute atomic E-state index is 4.23. The minimum absolute atomic E-state index is 0.565. The highest BCUT2D eigenvalue weighted by Gasteiger charge is 2.13. The van der Waals surface area contributed by atoms with Crippen LogP contribution in [0.3, 0.4) is 0 Å². The van der Waals surface area contributed by atoms with Crippen molar-refractivity contribution in [3.05, 3.63) is 29.6 Å². The van der Waals surface area contributed by atoms with Gasteiger partial charge in [-0.2, -0.15) is 0 Å². The van der Waals surface area contributed by atoms with Crippen LogP contribution in [-0.4, -0.2) is 18.6 Å². The van der Waals surface area contributed by atoms with Crippen molar-refractivity contribution >= 4 is 0 Å². The fourth-order valence-electron chi connectivity index (χ4n) is 1.65. The standard InChI is InChI=1S/C12H20N2/c1-9-5-12(8-14-6-9)11(3)10(2)7-13-4/h5-6,8,10-11,13H,7H2,1-4H3. The van der Waals surface area contributed by atoms with Crippen LogP contribution in [0.15, 0.2) is 18.5 Å². The topological polar surface area (TPSA) is 24.9 Å². The summed E-state index contributed by atoms with van der Waals surface area (Å²) in [6, 6.07) is 2.23. The lowest BCUT2D eigenvalue weighted by Crippen LogP contribution is -2.20. The van der Waals surface area contributed by atoms with Crippen molar-refractivity contribution in [2.45, 2.75) is 26.7 Å². The SMILES string of the molecule is CNCC(C)C(C)c1cncc(C)c1. The van der Waals surface area contributed by atoms with Gasteiger partial charge in [-0.3, -0.25) is 4.98 Å². The van der Waals surface area contributed by atoms with Crippen LogP contribution >= 0.6 is 0 Å². The number of rotatable bonds is 4. The van der Waals surface area contributed by atoms with Gasteiger partial charge in [0.1, 0.15) is 0 Å². The second kappa shape index (κ2) is 5.11. The molecule has 14 heavy (non-hydrogen) atoms. The summed E-state index contributed by atoms with van der Waals surface area (Å²) < 4.78 is 0. The molecule has 0 radical (unpaired) electrons. The Morgan fingerprint density at radius 1 is 1.36 bits per heavy atom. The van der Waals surface area contributed by atoms with Gasteiger partial charge in [0.15, 0.2) is 0 Å². The monoisotopic (exact) mass is 192 g/mol. The first-order chi connectivity index (χ1) is 6.65. The van der Waals surface area contributed by atoms with Gasteiger partial charge in [0.25, 0.3) is 0 Å². The van der Waals surface area contributed by atoms with Gasteiger partial charge in [-0.1, -0.05) is 19.9 Å². The predicted molar refractivity (Wildman–Crippen MR) is 60.5 cm³/mol. The van der Waals surface area contributed by atoms with E-state index in [2.05, 4.69) is 37.1 Å². The molecule has 2 unspecified atom stereocenters. The first-order valence-electron chi connectivity index (χ1n) is 5.21. The third-order valence-electron chi connectivity index (χ3n) is 2.80. The van der Waals surface area contributed by atoms with E-state index in [-0.39, 0.29) is 0 Å². The van der Waals surface area contributed by atoms with Crippen molar-refractivity contribution in [1.82, 2.24) is 10.3 Å². The van der Waals surface area contributed by atoms with Gasteiger partial charge < -0.3 is 5.32 Å². The lowest BCUT2D eigenvalue weighted by Gasteiger charge is -2.19. The van der Waals surface area contributed by atoms with Gasteiger partial charge >= 0.3 is 0 Å². The largest absolute Gasteiger partial charge is 0.319 e. The van der Waals surface area contributed by atoms with E-state index >= 15 is 0 Å². The fourth-order valence-corrected chi connectivity index (χ4v) is 1.65.